The fourth-order valence-electron chi connectivity index (χ4n) is 5.07. The maximum atomic E-state index is 13.8. The smallest absolute Gasteiger partial charge is 0.257 e. The van der Waals surface area contributed by atoms with E-state index in [1.807, 2.05) is 65.7 Å². The first kappa shape index (κ1) is 23.6. The summed E-state index contributed by atoms with van der Waals surface area (Å²) >= 11 is 0. The Kier molecular flexibility index (Phi) is 7.45. The molecular formula is C28H34N4O3. The second-order valence-electron chi connectivity index (χ2n) is 9.35. The zero-order valence-electron chi connectivity index (χ0n) is 20.4. The number of piperidine rings is 1. The van der Waals surface area contributed by atoms with Crippen molar-refractivity contribution in [1.82, 2.24) is 19.6 Å². The number of morpholine rings is 1. The van der Waals surface area contributed by atoms with Crippen LogP contribution in [0.2, 0.25) is 0 Å². The monoisotopic (exact) mass is 474 g/mol. The van der Waals surface area contributed by atoms with Crippen LogP contribution in [-0.2, 0) is 4.74 Å². The average Bonchev–Trinajstić information content (AvgIpc) is 3.38. The minimum Gasteiger partial charge on any atom is -0.496 e. The van der Waals surface area contributed by atoms with Crippen LogP contribution in [0.1, 0.15) is 29.6 Å². The van der Waals surface area contributed by atoms with Crippen molar-refractivity contribution < 1.29 is 14.3 Å². The molecule has 2 aliphatic rings. The molecule has 0 N–H and O–H groups in total. The van der Waals surface area contributed by atoms with Gasteiger partial charge in [0.15, 0.2) is 0 Å². The lowest BCUT2D eigenvalue weighted by Crippen LogP contribution is -2.40. The summed E-state index contributed by atoms with van der Waals surface area (Å²) in [6.07, 6.45) is 5.16. The van der Waals surface area contributed by atoms with Crippen LogP contribution in [0.15, 0.2) is 60.8 Å². The molecule has 0 bridgehead atoms. The molecule has 2 aliphatic heterocycles. The second-order valence-corrected chi connectivity index (χ2v) is 9.35. The molecule has 0 saturated carbocycles. The first-order valence-electron chi connectivity index (χ1n) is 12.6. The van der Waals surface area contributed by atoms with E-state index in [0.29, 0.717) is 22.9 Å². The Bertz CT molecular complexity index is 1120. The Morgan fingerprint density at radius 1 is 1.00 bits per heavy atom. The van der Waals surface area contributed by atoms with E-state index in [4.69, 9.17) is 14.6 Å². The standard InChI is InChI=1S/C28H34N4O3/c1-34-26-10-6-5-9-24(26)27-25(21-32(29-27)23-7-3-2-4-8-23)28(33)31-15-12-22(13-16-31)11-14-30-17-19-35-20-18-30/h2-10,21-22H,11-20H2,1H3. The lowest BCUT2D eigenvalue weighted by Gasteiger charge is -2.34. The predicted octanol–water partition coefficient (Wildman–Crippen LogP) is 4.12. The number of aromatic nitrogens is 2. The maximum absolute atomic E-state index is 13.8. The molecule has 35 heavy (non-hydrogen) atoms. The van der Waals surface area contributed by atoms with Gasteiger partial charge in [-0.2, -0.15) is 5.10 Å². The third-order valence-corrected chi connectivity index (χ3v) is 7.19. The van der Waals surface area contributed by atoms with E-state index < -0.39 is 0 Å². The molecule has 0 unspecified atom stereocenters. The summed E-state index contributed by atoms with van der Waals surface area (Å²) in [4.78, 5) is 18.3. The largest absolute Gasteiger partial charge is 0.496 e. The first-order valence-corrected chi connectivity index (χ1v) is 12.6. The zero-order chi connectivity index (χ0) is 24.0. The molecule has 0 radical (unpaired) electrons. The fraction of sp³-hybridized carbons (Fsp3) is 0.429. The van der Waals surface area contributed by atoms with E-state index in [1.54, 1.807) is 11.8 Å². The zero-order valence-corrected chi connectivity index (χ0v) is 20.4. The van der Waals surface area contributed by atoms with Gasteiger partial charge in [-0.1, -0.05) is 30.3 Å². The Morgan fingerprint density at radius 3 is 2.46 bits per heavy atom. The van der Waals surface area contributed by atoms with E-state index in [9.17, 15) is 4.79 Å². The quantitative estimate of drug-likeness (QED) is 0.516. The molecule has 0 atom stereocenters. The summed E-state index contributed by atoms with van der Waals surface area (Å²) in [5.74, 6) is 1.42. The van der Waals surface area contributed by atoms with Crippen molar-refractivity contribution in [1.29, 1.82) is 0 Å². The summed E-state index contributed by atoms with van der Waals surface area (Å²) in [5, 5.41) is 4.84. The predicted molar refractivity (Wildman–Crippen MR) is 136 cm³/mol. The Morgan fingerprint density at radius 2 is 1.71 bits per heavy atom. The molecule has 5 rings (SSSR count). The molecule has 1 aromatic heterocycles. The number of hydrogen-bond acceptors (Lipinski definition) is 5. The highest BCUT2D eigenvalue weighted by atomic mass is 16.5. The van der Waals surface area contributed by atoms with E-state index in [2.05, 4.69) is 4.90 Å². The first-order chi connectivity index (χ1) is 17.2. The van der Waals surface area contributed by atoms with Gasteiger partial charge in [-0.25, -0.2) is 4.68 Å². The molecule has 2 aromatic carbocycles. The van der Waals surface area contributed by atoms with Gasteiger partial charge in [0.25, 0.3) is 5.91 Å². The lowest BCUT2D eigenvalue weighted by molar-refractivity contribution is 0.0332. The number of carbonyl (C=O) groups excluding carboxylic acids is 1. The Hall–Kier alpha value is -3.16. The number of likely N-dealkylation sites (tertiary alicyclic amines) is 1. The number of hydrogen-bond donors (Lipinski definition) is 0. The molecule has 0 aliphatic carbocycles. The molecule has 1 amide bonds. The van der Waals surface area contributed by atoms with Crippen LogP contribution in [0.3, 0.4) is 0 Å². The second kappa shape index (κ2) is 11.1. The summed E-state index contributed by atoms with van der Waals surface area (Å²) in [7, 11) is 1.65. The summed E-state index contributed by atoms with van der Waals surface area (Å²) < 4.78 is 12.9. The third-order valence-electron chi connectivity index (χ3n) is 7.19. The minimum absolute atomic E-state index is 0.0414. The molecule has 3 aromatic rings. The van der Waals surface area contributed by atoms with Crippen LogP contribution < -0.4 is 4.74 Å². The van der Waals surface area contributed by atoms with Gasteiger partial charge in [-0.3, -0.25) is 9.69 Å². The van der Waals surface area contributed by atoms with E-state index >= 15 is 0 Å². The minimum atomic E-state index is 0.0414. The topological polar surface area (TPSA) is 59.8 Å². The summed E-state index contributed by atoms with van der Waals surface area (Å²) in [5.41, 5.74) is 3.02. The van der Waals surface area contributed by atoms with E-state index in [-0.39, 0.29) is 5.91 Å². The highest BCUT2D eigenvalue weighted by molar-refractivity contribution is 6.00. The number of methoxy groups -OCH3 is 1. The SMILES string of the molecule is COc1ccccc1-c1nn(-c2ccccc2)cc1C(=O)N1CCC(CCN2CCOCC2)CC1. The Balaban J connectivity index is 1.33. The van der Waals surface area contributed by atoms with Crippen LogP contribution in [0.5, 0.6) is 5.75 Å². The number of rotatable bonds is 7. The van der Waals surface area contributed by atoms with Gasteiger partial charge in [0, 0.05) is 37.9 Å². The summed E-state index contributed by atoms with van der Waals surface area (Å²) in [6.45, 7) is 6.46. The third kappa shape index (κ3) is 5.41. The molecule has 2 saturated heterocycles. The molecule has 3 heterocycles. The number of benzene rings is 2. The molecule has 2 fully saturated rings. The van der Waals surface area contributed by atoms with Gasteiger partial charge in [-0.15, -0.1) is 0 Å². The highest BCUT2D eigenvalue weighted by Crippen LogP contribution is 2.33. The van der Waals surface area contributed by atoms with Crippen molar-refractivity contribution in [3.63, 3.8) is 0 Å². The molecule has 7 heteroatoms. The van der Waals surface area contributed by atoms with Crippen molar-refractivity contribution in [2.45, 2.75) is 19.3 Å². The van der Waals surface area contributed by atoms with Gasteiger partial charge in [0.2, 0.25) is 0 Å². The summed E-state index contributed by atoms with van der Waals surface area (Å²) in [6, 6.07) is 17.7. The molecule has 7 nitrogen and oxygen atoms in total. The number of ether oxygens (including phenoxy) is 2. The highest BCUT2D eigenvalue weighted by Gasteiger charge is 2.28. The molecular weight excluding hydrogens is 440 g/mol. The Labute approximate surface area is 207 Å². The van der Waals surface area contributed by atoms with Crippen molar-refractivity contribution in [3.05, 3.63) is 66.4 Å². The van der Waals surface area contributed by atoms with Gasteiger partial charge >= 0.3 is 0 Å². The van der Waals surface area contributed by atoms with Crippen LogP contribution in [0, 0.1) is 5.92 Å². The van der Waals surface area contributed by atoms with E-state index in [1.165, 1.54) is 6.42 Å². The average molecular weight is 475 g/mol. The maximum Gasteiger partial charge on any atom is 0.257 e. The number of amides is 1. The van der Waals surface area contributed by atoms with Crippen molar-refractivity contribution in [2.24, 2.45) is 5.92 Å². The van der Waals surface area contributed by atoms with Gasteiger partial charge in [0.05, 0.1) is 31.6 Å². The van der Waals surface area contributed by atoms with Crippen LogP contribution in [0.25, 0.3) is 16.9 Å². The number of carbonyl (C=O) groups is 1. The normalized spacial score (nSPS) is 17.5. The fourth-order valence-corrected chi connectivity index (χ4v) is 5.07. The van der Waals surface area contributed by atoms with Crippen molar-refractivity contribution >= 4 is 5.91 Å². The number of nitrogens with zero attached hydrogens (tertiary/aromatic N) is 4. The van der Waals surface area contributed by atoms with Gasteiger partial charge < -0.3 is 14.4 Å². The van der Waals surface area contributed by atoms with Crippen molar-refractivity contribution in [3.8, 4) is 22.7 Å². The van der Waals surface area contributed by atoms with Crippen molar-refractivity contribution in [2.75, 3.05) is 53.0 Å². The molecule has 0 spiro atoms. The van der Waals surface area contributed by atoms with Gasteiger partial charge in [-0.05, 0) is 56.0 Å². The number of para-hydroxylation sites is 2. The van der Waals surface area contributed by atoms with Crippen LogP contribution in [0.4, 0.5) is 0 Å². The van der Waals surface area contributed by atoms with E-state index in [0.717, 1.165) is 70.0 Å². The van der Waals surface area contributed by atoms with Crippen LogP contribution >= 0.6 is 0 Å². The molecule has 184 valence electrons. The van der Waals surface area contributed by atoms with Gasteiger partial charge in [0.1, 0.15) is 11.4 Å². The van der Waals surface area contributed by atoms with Crippen LogP contribution in [-0.4, -0.2) is 78.5 Å². The lowest BCUT2D eigenvalue weighted by atomic mass is 9.92.